The zero-order chi connectivity index (χ0) is 15.1. The summed E-state index contributed by atoms with van der Waals surface area (Å²) in [5.41, 5.74) is 0.482. The first kappa shape index (κ1) is 14.4. The Labute approximate surface area is 125 Å². The van der Waals surface area contributed by atoms with E-state index in [9.17, 15) is 4.79 Å². The van der Waals surface area contributed by atoms with Gasteiger partial charge in [0.25, 0.3) is 0 Å². The van der Waals surface area contributed by atoms with Crippen LogP contribution < -0.4 is 5.32 Å². The van der Waals surface area contributed by atoms with Gasteiger partial charge in [-0.2, -0.15) is 0 Å². The van der Waals surface area contributed by atoms with E-state index in [-0.39, 0.29) is 35.7 Å². The Kier molecular flexibility index (Phi) is 3.44. The molecule has 0 spiro atoms. The van der Waals surface area contributed by atoms with E-state index in [4.69, 9.17) is 9.47 Å². The first-order valence-electron chi connectivity index (χ1n) is 7.58. The van der Waals surface area contributed by atoms with Crippen molar-refractivity contribution in [3.63, 3.8) is 0 Å². The van der Waals surface area contributed by atoms with Crippen LogP contribution in [0, 0.1) is 5.41 Å². The summed E-state index contributed by atoms with van der Waals surface area (Å²) in [5.74, 6) is -0.227. The zero-order valence-electron chi connectivity index (χ0n) is 12.9. The van der Waals surface area contributed by atoms with Crippen LogP contribution in [-0.4, -0.2) is 30.3 Å². The van der Waals surface area contributed by atoms with E-state index in [0.29, 0.717) is 0 Å². The van der Waals surface area contributed by atoms with E-state index >= 15 is 0 Å². The number of anilines is 1. The second-order valence-electron chi connectivity index (χ2n) is 6.87. The van der Waals surface area contributed by atoms with Gasteiger partial charge in [0.1, 0.15) is 18.2 Å². The van der Waals surface area contributed by atoms with Crippen molar-refractivity contribution in [2.24, 2.45) is 5.41 Å². The molecule has 0 aromatic heterocycles. The van der Waals surface area contributed by atoms with Crippen molar-refractivity contribution >= 4 is 11.7 Å². The fraction of sp³-hybridized carbons (Fsp3) is 0.588. The van der Waals surface area contributed by atoms with Gasteiger partial charge in [0.15, 0.2) is 0 Å². The fourth-order valence-corrected chi connectivity index (χ4v) is 3.71. The van der Waals surface area contributed by atoms with Gasteiger partial charge in [-0.05, 0) is 31.9 Å². The van der Waals surface area contributed by atoms with E-state index in [2.05, 4.69) is 26.1 Å². The first-order valence-corrected chi connectivity index (χ1v) is 7.58. The highest BCUT2D eigenvalue weighted by Gasteiger charge is 2.63. The van der Waals surface area contributed by atoms with Crippen molar-refractivity contribution in [2.75, 3.05) is 11.9 Å². The van der Waals surface area contributed by atoms with Gasteiger partial charge in [0.2, 0.25) is 0 Å². The molecule has 2 aliphatic rings. The molecule has 1 aromatic carbocycles. The summed E-state index contributed by atoms with van der Waals surface area (Å²) in [4.78, 5) is 12.1. The van der Waals surface area contributed by atoms with Crippen molar-refractivity contribution in [3.8, 4) is 0 Å². The van der Waals surface area contributed by atoms with Crippen LogP contribution in [0.5, 0.6) is 0 Å². The smallest absolute Gasteiger partial charge is 0.325 e. The van der Waals surface area contributed by atoms with Crippen LogP contribution in [-0.2, 0) is 14.3 Å². The highest BCUT2D eigenvalue weighted by atomic mass is 16.6. The molecule has 0 aliphatic carbocycles. The first-order chi connectivity index (χ1) is 9.92. The van der Waals surface area contributed by atoms with Gasteiger partial charge in [0, 0.05) is 11.1 Å². The largest absolute Gasteiger partial charge is 0.457 e. The van der Waals surface area contributed by atoms with Crippen molar-refractivity contribution in [3.05, 3.63) is 30.3 Å². The number of carbonyl (C=O) groups is 1. The molecule has 3 rings (SSSR count). The Bertz CT molecular complexity index is 523. The molecule has 0 saturated carbocycles. The van der Waals surface area contributed by atoms with E-state index in [1.807, 2.05) is 30.3 Å². The number of carbonyl (C=O) groups excluding carboxylic acids is 1. The molecule has 1 N–H and O–H groups in total. The molecule has 2 fully saturated rings. The van der Waals surface area contributed by atoms with Crippen LogP contribution >= 0.6 is 0 Å². The second kappa shape index (κ2) is 5.02. The summed E-state index contributed by atoms with van der Waals surface area (Å²) < 4.78 is 11.8. The summed E-state index contributed by atoms with van der Waals surface area (Å²) in [6.45, 7) is 6.50. The predicted octanol–water partition coefficient (Wildman–Crippen LogP) is 2.99. The molecule has 1 aromatic rings. The summed E-state index contributed by atoms with van der Waals surface area (Å²) >= 11 is 0. The van der Waals surface area contributed by atoms with Crippen molar-refractivity contribution in [1.29, 1.82) is 0 Å². The molecule has 114 valence electrons. The average molecular weight is 289 g/mol. The lowest BCUT2D eigenvalue weighted by Gasteiger charge is -2.38. The van der Waals surface area contributed by atoms with Crippen molar-refractivity contribution in [1.82, 2.24) is 0 Å². The molecular weight excluding hydrogens is 266 g/mol. The minimum Gasteiger partial charge on any atom is -0.457 e. The van der Waals surface area contributed by atoms with Gasteiger partial charge in [-0.15, -0.1) is 0 Å². The number of rotatable bonds is 4. The number of fused-ring (bicyclic) bond motifs is 2. The minimum absolute atomic E-state index is 0.116. The van der Waals surface area contributed by atoms with Crippen LogP contribution in [0.25, 0.3) is 0 Å². The predicted molar refractivity (Wildman–Crippen MR) is 81.1 cm³/mol. The highest BCUT2D eigenvalue weighted by molar-refractivity contribution is 5.75. The number of esters is 1. The molecule has 2 heterocycles. The molecule has 3 unspecified atom stereocenters. The Morgan fingerprint density at radius 3 is 2.67 bits per heavy atom. The average Bonchev–Trinajstić information content (AvgIpc) is 2.94. The lowest BCUT2D eigenvalue weighted by Crippen LogP contribution is -2.48. The van der Waals surface area contributed by atoms with Gasteiger partial charge in [-0.3, -0.25) is 4.79 Å². The lowest BCUT2D eigenvalue weighted by molar-refractivity contribution is -0.160. The third-order valence-electron chi connectivity index (χ3n) is 4.83. The molecule has 2 aliphatic heterocycles. The number of hydrogen-bond acceptors (Lipinski definition) is 4. The number of hydrogen-bond donors (Lipinski definition) is 1. The molecule has 4 nitrogen and oxygen atoms in total. The van der Waals surface area contributed by atoms with E-state index in [1.54, 1.807) is 0 Å². The van der Waals surface area contributed by atoms with Gasteiger partial charge in [-0.25, -0.2) is 0 Å². The van der Waals surface area contributed by atoms with Crippen LogP contribution in [0.2, 0.25) is 0 Å². The molecule has 21 heavy (non-hydrogen) atoms. The Hall–Kier alpha value is -1.55. The normalized spacial score (nSPS) is 32.9. The molecule has 4 heteroatoms. The molecule has 0 radical (unpaired) electrons. The maximum absolute atomic E-state index is 12.1. The molecule has 2 bridgehead atoms. The summed E-state index contributed by atoms with van der Waals surface area (Å²) in [7, 11) is 0. The highest BCUT2D eigenvalue weighted by Crippen LogP contribution is 2.54. The fourth-order valence-electron chi connectivity index (χ4n) is 3.71. The number of nitrogens with one attached hydrogen (secondary N) is 1. The minimum atomic E-state index is -0.323. The number of ether oxygens (including phenoxy) is 2. The quantitative estimate of drug-likeness (QED) is 0.866. The third kappa shape index (κ3) is 2.53. The molecule has 2 saturated heterocycles. The van der Waals surface area contributed by atoms with E-state index in [0.717, 1.165) is 18.5 Å². The number of para-hydroxylation sites is 1. The number of benzene rings is 1. The topological polar surface area (TPSA) is 47.6 Å². The van der Waals surface area contributed by atoms with Crippen LogP contribution in [0.4, 0.5) is 5.69 Å². The lowest BCUT2D eigenvalue weighted by atomic mass is 9.70. The monoisotopic (exact) mass is 289 g/mol. The van der Waals surface area contributed by atoms with E-state index in [1.165, 1.54) is 0 Å². The van der Waals surface area contributed by atoms with Crippen molar-refractivity contribution < 1.29 is 14.3 Å². The zero-order valence-corrected chi connectivity index (χ0v) is 12.9. The molecular formula is C17H23NO3. The van der Waals surface area contributed by atoms with Gasteiger partial charge in [-0.1, -0.05) is 32.0 Å². The standard InChI is InChI=1S/C17H23NO3/c1-16(2)13-9-10-17(3,21-13)15(16)20-14(19)11-18-12-7-5-4-6-8-12/h4-8,13,15,18H,9-11H2,1-3H3. The summed E-state index contributed by atoms with van der Waals surface area (Å²) in [6.07, 6.45) is 2.04. The van der Waals surface area contributed by atoms with Crippen LogP contribution in [0.1, 0.15) is 33.6 Å². The van der Waals surface area contributed by atoms with E-state index < -0.39 is 0 Å². The second-order valence-corrected chi connectivity index (χ2v) is 6.87. The SMILES string of the molecule is CC12CCC(O1)C(C)(C)C2OC(=O)CNc1ccccc1. The third-order valence-corrected chi connectivity index (χ3v) is 4.83. The van der Waals surface area contributed by atoms with Crippen molar-refractivity contribution in [2.45, 2.75) is 51.4 Å². The van der Waals surface area contributed by atoms with Gasteiger partial charge in [0.05, 0.1) is 6.10 Å². The maximum Gasteiger partial charge on any atom is 0.325 e. The Morgan fingerprint density at radius 1 is 1.33 bits per heavy atom. The van der Waals surface area contributed by atoms with Gasteiger partial charge < -0.3 is 14.8 Å². The summed E-state index contributed by atoms with van der Waals surface area (Å²) in [6, 6.07) is 9.67. The van der Waals surface area contributed by atoms with Crippen LogP contribution in [0.3, 0.4) is 0 Å². The Morgan fingerprint density at radius 2 is 2.05 bits per heavy atom. The van der Waals surface area contributed by atoms with Crippen LogP contribution in [0.15, 0.2) is 30.3 Å². The van der Waals surface area contributed by atoms with Gasteiger partial charge >= 0.3 is 5.97 Å². The molecule has 0 amide bonds. The maximum atomic E-state index is 12.1. The summed E-state index contributed by atoms with van der Waals surface area (Å²) in [5, 5.41) is 3.09. The Balaban J connectivity index is 1.60. The molecule has 3 atom stereocenters.